The summed E-state index contributed by atoms with van der Waals surface area (Å²) in [4.78, 5) is 2.39. The van der Waals surface area contributed by atoms with Crippen molar-refractivity contribution in [2.45, 2.75) is 0 Å². The second kappa shape index (κ2) is 11.5. The Morgan fingerprint density at radius 3 is 1.82 bits per heavy atom. The van der Waals surface area contributed by atoms with Crippen LogP contribution in [0.4, 0.5) is 17.1 Å². The van der Waals surface area contributed by atoms with Crippen molar-refractivity contribution in [3.8, 4) is 22.3 Å². The monoisotopic (exact) mass is 659 g/mol. The van der Waals surface area contributed by atoms with E-state index in [1.165, 1.54) is 73.4 Å². The Labute approximate surface area is 292 Å². The van der Waals surface area contributed by atoms with E-state index in [1.54, 1.807) is 0 Å². The molecule has 0 N–H and O–H groups in total. The summed E-state index contributed by atoms with van der Waals surface area (Å²) >= 11 is 3.76. The molecule has 1 nitrogen and oxygen atoms in total. The highest BCUT2D eigenvalue weighted by molar-refractivity contribution is 7.26. The molecule has 0 aliphatic rings. The van der Waals surface area contributed by atoms with Gasteiger partial charge in [-0.05, 0) is 81.6 Å². The highest BCUT2D eigenvalue weighted by Crippen LogP contribution is 2.44. The summed E-state index contributed by atoms with van der Waals surface area (Å²) in [6.45, 7) is 0. The van der Waals surface area contributed by atoms with Crippen LogP contribution in [-0.4, -0.2) is 0 Å². The van der Waals surface area contributed by atoms with Gasteiger partial charge in [0.15, 0.2) is 0 Å². The molecule has 0 atom stereocenters. The van der Waals surface area contributed by atoms with Gasteiger partial charge < -0.3 is 4.90 Å². The summed E-state index contributed by atoms with van der Waals surface area (Å²) in [6.07, 6.45) is 0. The number of thiophene rings is 2. The van der Waals surface area contributed by atoms with Gasteiger partial charge in [0.1, 0.15) is 0 Å². The normalized spacial score (nSPS) is 11.7. The third kappa shape index (κ3) is 4.74. The van der Waals surface area contributed by atoms with Gasteiger partial charge in [-0.1, -0.05) is 127 Å². The van der Waals surface area contributed by atoms with Crippen LogP contribution in [0, 0.1) is 0 Å². The van der Waals surface area contributed by atoms with Crippen molar-refractivity contribution in [3.05, 3.63) is 176 Å². The highest BCUT2D eigenvalue weighted by Gasteiger charge is 2.17. The summed E-state index contributed by atoms with van der Waals surface area (Å²) in [6, 6.07) is 64.3. The summed E-state index contributed by atoms with van der Waals surface area (Å²) in [5.41, 5.74) is 8.35. The zero-order valence-corrected chi connectivity index (χ0v) is 28.1. The number of hydrogen-bond acceptors (Lipinski definition) is 3. The first kappa shape index (κ1) is 28.3. The van der Waals surface area contributed by atoms with Gasteiger partial charge in [-0.3, -0.25) is 0 Å². The number of anilines is 3. The minimum absolute atomic E-state index is 1.13. The summed E-state index contributed by atoms with van der Waals surface area (Å²) in [7, 11) is 0. The van der Waals surface area contributed by atoms with Gasteiger partial charge in [0, 0.05) is 57.4 Å². The van der Waals surface area contributed by atoms with E-state index in [-0.39, 0.29) is 0 Å². The molecule has 0 fully saturated rings. The van der Waals surface area contributed by atoms with E-state index < -0.39 is 0 Å². The average Bonchev–Trinajstić information content (AvgIpc) is 3.74. The molecule has 2 aromatic heterocycles. The maximum absolute atomic E-state index is 2.39. The van der Waals surface area contributed by atoms with Crippen LogP contribution >= 0.6 is 22.7 Å². The van der Waals surface area contributed by atoms with Gasteiger partial charge in [-0.25, -0.2) is 0 Å². The maximum Gasteiger partial charge on any atom is 0.0476 e. The third-order valence-electron chi connectivity index (χ3n) is 9.68. The standard InChI is InChI=1S/C46H29NS2/c1-2-9-30(10-3-1)31-17-22-34(23-18-31)47(36-26-27-41-44(29-36)48-43-28-21-32-11-4-5-12-37(32)45(41)43)35-24-19-33(20-25-35)38-14-8-15-40-39-13-6-7-16-42(39)49-46(38)40/h1-29H. The molecule has 0 unspecified atom stereocenters. The lowest BCUT2D eigenvalue weighted by atomic mass is 10.0. The maximum atomic E-state index is 2.39. The molecule has 0 bridgehead atoms. The minimum atomic E-state index is 1.13. The van der Waals surface area contributed by atoms with Crippen LogP contribution < -0.4 is 4.90 Å². The SMILES string of the molecule is c1ccc(-c2ccc(N(c3ccc(-c4cccc5c4sc4ccccc45)cc3)c3ccc4c(c3)sc3ccc5ccccc5c34)cc2)cc1. The quantitative estimate of drug-likeness (QED) is 0.178. The first-order valence-corrected chi connectivity index (χ1v) is 18.2. The molecular weight excluding hydrogens is 631 g/mol. The van der Waals surface area contributed by atoms with E-state index >= 15 is 0 Å². The number of rotatable bonds is 5. The predicted octanol–water partition coefficient (Wildman–Crippen LogP) is 14.4. The van der Waals surface area contributed by atoms with E-state index in [9.17, 15) is 0 Å². The molecule has 0 aliphatic heterocycles. The fraction of sp³-hybridized carbons (Fsp3) is 0. The molecule has 10 aromatic rings. The van der Waals surface area contributed by atoms with Crippen molar-refractivity contribution >= 4 is 90.9 Å². The van der Waals surface area contributed by atoms with Crippen LogP contribution in [0.25, 0.3) is 73.4 Å². The van der Waals surface area contributed by atoms with E-state index in [0.717, 1.165) is 17.1 Å². The predicted molar refractivity (Wildman–Crippen MR) is 215 cm³/mol. The Morgan fingerprint density at radius 2 is 1.00 bits per heavy atom. The second-order valence-electron chi connectivity index (χ2n) is 12.5. The topological polar surface area (TPSA) is 3.24 Å². The van der Waals surface area contributed by atoms with Gasteiger partial charge in [0.2, 0.25) is 0 Å². The smallest absolute Gasteiger partial charge is 0.0476 e. The summed E-state index contributed by atoms with van der Waals surface area (Å²) in [5.74, 6) is 0. The Balaban J connectivity index is 1.11. The molecule has 10 rings (SSSR count). The Hall–Kier alpha value is -5.74. The molecule has 0 radical (unpaired) electrons. The Kier molecular flexibility index (Phi) is 6.61. The average molecular weight is 660 g/mol. The number of hydrogen-bond donors (Lipinski definition) is 0. The zero-order chi connectivity index (χ0) is 32.3. The van der Waals surface area contributed by atoms with Crippen molar-refractivity contribution in [2.75, 3.05) is 4.90 Å². The molecule has 230 valence electrons. The van der Waals surface area contributed by atoms with Gasteiger partial charge in [-0.15, -0.1) is 22.7 Å². The van der Waals surface area contributed by atoms with Gasteiger partial charge in [0.05, 0.1) is 0 Å². The second-order valence-corrected chi connectivity index (χ2v) is 14.7. The van der Waals surface area contributed by atoms with Gasteiger partial charge in [-0.2, -0.15) is 0 Å². The molecule has 0 saturated heterocycles. The fourth-order valence-electron chi connectivity index (χ4n) is 7.32. The van der Waals surface area contributed by atoms with E-state index in [1.807, 2.05) is 22.7 Å². The van der Waals surface area contributed by atoms with Crippen molar-refractivity contribution < 1.29 is 0 Å². The van der Waals surface area contributed by atoms with Crippen molar-refractivity contribution in [1.29, 1.82) is 0 Å². The third-order valence-corrected chi connectivity index (χ3v) is 12.0. The lowest BCUT2D eigenvalue weighted by Gasteiger charge is -2.26. The Morgan fingerprint density at radius 1 is 0.347 bits per heavy atom. The molecule has 8 aromatic carbocycles. The first-order chi connectivity index (χ1) is 24.3. The van der Waals surface area contributed by atoms with Crippen LogP contribution in [0.1, 0.15) is 0 Å². The molecule has 0 aliphatic carbocycles. The van der Waals surface area contributed by atoms with Crippen LogP contribution in [0.15, 0.2) is 176 Å². The van der Waals surface area contributed by atoms with Crippen LogP contribution in [0.5, 0.6) is 0 Å². The van der Waals surface area contributed by atoms with E-state index in [0.29, 0.717) is 0 Å². The highest BCUT2D eigenvalue weighted by atomic mass is 32.1. The van der Waals surface area contributed by atoms with Crippen molar-refractivity contribution in [2.24, 2.45) is 0 Å². The number of fused-ring (bicyclic) bond motifs is 8. The first-order valence-electron chi connectivity index (χ1n) is 16.6. The van der Waals surface area contributed by atoms with E-state index in [2.05, 4.69) is 181 Å². The molecule has 0 amide bonds. The molecule has 0 saturated carbocycles. The molecular formula is C46H29NS2. The van der Waals surface area contributed by atoms with Crippen LogP contribution in [0.2, 0.25) is 0 Å². The molecule has 0 spiro atoms. The van der Waals surface area contributed by atoms with Crippen molar-refractivity contribution in [1.82, 2.24) is 0 Å². The van der Waals surface area contributed by atoms with Crippen LogP contribution in [-0.2, 0) is 0 Å². The molecule has 2 heterocycles. The lowest BCUT2D eigenvalue weighted by Crippen LogP contribution is -2.09. The number of benzene rings is 8. The lowest BCUT2D eigenvalue weighted by molar-refractivity contribution is 1.29. The zero-order valence-electron chi connectivity index (χ0n) is 26.5. The van der Waals surface area contributed by atoms with Crippen LogP contribution in [0.3, 0.4) is 0 Å². The van der Waals surface area contributed by atoms with Crippen molar-refractivity contribution in [3.63, 3.8) is 0 Å². The Bertz CT molecular complexity index is 2810. The minimum Gasteiger partial charge on any atom is -0.310 e. The molecule has 3 heteroatoms. The fourth-order valence-corrected chi connectivity index (χ4v) is 9.71. The summed E-state index contributed by atoms with van der Waals surface area (Å²) in [5, 5.41) is 7.92. The molecule has 49 heavy (non-hydrogen) atoms. The number of nitrogens with zero attached hydrogens (tertiary/aromatic N) is 1. The van der Waals surface area contributed by atoms with Gasteiger partial charge >= 0.3 is 0 Å². The van der Waals surface area contributed by atoms with E-state index in [4.69, 9.17) is 0 Å². The largest absolute Gasteiger partial charge is 0.310 e. The van der Waals surface area contributed by atoms with Gasteiger partial charge in [0.25, 0.3) is 0 Å². The summed E-state index contributed by atoms with van der Waals surface area (Å²) < 4.78 is 5.29.